The Balaban J connectivity index is 2.00. The van der Waals surface area contributed by atoms with Crippen molar-refractivity contribution in [2.75, 3.05) is 6.54 Å². The van der Waals surface area contributed by atoms with Gasteiger partial charge in [-0.15, -0.1) is 0 Å². The van der Waals surface area contributed by atoms with E-state index in [4.69, 9.17) is 9.68 Å². The molecule has 0 fully saturated rings. The van der Waals surface area contributed by atoms with Crippen LogP contribution in [0.1, 0.15) is 13.8 Å². The third kappa shape index (κ3) is 3.58. The highest BCUT2D eigenvalue weighted by atomic mass is 16.9. The zero-order valence-electron chi connectivity index (χ0n) is 11.5. The van der Waals surface area contributed by atoms with Gasteiger partial charge in [-0.25, -0.2) is 0 Å². The summed E-state index contributed by atoms with van der Waals surface area (Å²) in [5.74, 6) is 0.994. The molecule has 0 bridgehead atoms. The molecule has 0 spiro atoms. The van der Waals surface area contributed by atoms with Crippen LogP contribution in [0.15, 0.2) is 24.8 Å². The minimum Gasteiger partial charge on any atom is -0.367 e. The minimum atomic E-state index is -0.0331. The minimum absolute atomic E-state index is 0.0331. The molecule has 0 atom stereocenters. The molecule has 2 aromatic rings. The molecule has 20 heavy (non-hydrogen) atoms. The van der Waals surface area contributed by atoms with E-state index in [1.54, 1.807) is 34.2 Å². The predicted octanol–water partition coefficient (Wildman–Crippen LogP) is 0.908. The molecule has 8 heteroatoms. The number of hydroxylamine groups is 2. The van der Waals surface area contributed by atoms with Gasteiger partial charge in [0.2, 0.25) is 0 Å². The van der Waals surface area contributed by atoms with Crippen LogP contribution in [0, 0.1) is 0 Å². The Morgan fingerprint density at radius 2 is 1.60 bits per heavy atom. The molecule has 0 radical (unpaired) electrons. The van der Waals surface area contributed by atoms with Crippen molar-refractivity contribution in [2.24, 2.45) is 0 Å². The normalized spacial score (nSPS) is 10.8. The van der Waals surface area contributed by atoms with Crippen LogP contribution < -0.4 is 9.68 Å². The van der Waals surface area contributed by atoms with Gasteiger partial charge in [-0.3, -0.25) is 9.36 Å². The highest BCUT2D eigenvalue weighted by molar-refractivity contribution is 5.51. The second kappa shape index (κ2) is 6.71. The number of rotatable bonds is 8. The molecule has 0 aliphatic carbocycles. The Hall–Kier alpha value is -2.35. The second-order valence-corrected chi connectivity index (χ2v) is 3.93. The highest BCUT2D eigenvalue weighted by Crippen LogP contribution is 2.14. The first kappa shape index (κ1) is 14.1. The van der Waals surface area contributed by atoms with Crippen LogP contribution >= 0.6 is 0 Å². The Bertz CT molecular complexity index is 507. The SMILES string of the molecule is CCn1cc(ON(CC=O)Oc2cnn(CC)c2)cn1. The van der Waals surface area contributed by atoms with Gasteiger partial charge in [0, 0.05) is 18.3 Å². The van der Waals surface area contributed by atoms with Gasteiger partial charge in [-0.05, 0) is 13.8 Å². The number of aromatic nitrogens is 4. The van der Waals surface area contributed by atoms with E-state index in [1.807, 2.05) is 13.8 Å². The Morgan fingerprint density at radius 3 is 1.95 bits per heavy atom. The molecule has 0 amide bonds. The molecule has 0 aliphatic heterocycles. The third-order valence-corrected chi connectivity index (χ3v) is 2.51. The first-order chi connectivity index (χ1) is 9.75. The summed E-state index contributed by atoms with van der Waals surface area (Å²) in [6, 6.07) is 0. The average molecular weight is 279 g/mol. The molecular formula is C12H17N5O3. The summed E-state index contributed by atoms with van der Waals surface area (Å²) in [6.45, 7) is 5.38. The number of aldehydes is 1. The summed E-state index contributed by atoms with van der Waals surface area (Å²) < 4.78 is 3.42. The number of nitrogens with zero attached hydrogens (tertiary/aromatic N) is 5. The van der Waals surface area contributed by atoms with Crippen LogP contribution in [0.4, 0.5) is 0 Å². The molecule has 108 valence electrons. The van der Waals surface area contributed by atoms with Gasteiger partial charge in [-0.1, -0.05) is 0 Å². The summed E-state index contributed by atoms with van der Waals surface area (Å²) in [4.78, 5) is 21.6. The molecule has 0 saturated carbocycles. The van der Waals surface area contributed by atoms with Crippen LogP contribution in [0.25, 0.3) is 0 Å². The van der Waals surface area contributed by atoms with Crippen LogP contribution in [0.3, 0.4) is 0 Å². The number of hydrogen-bond donors (Lipinski definition) is 0. The molecule has 2 heterocycles. The molecule has 2 aromatic heterocycles. The van der Waals surface area contributed by atoms with E-state index < -0.39 is 0 Å². The first-order valence-electron chi connectivity index (χ1n) is 6.37. The van der Waals surface area contributed by atoms with Crippen molar-refractivity contribution in [3.05, 3.63) is 24.8 Å². The van der Waals surface area contributed by atoms with Gasteiger partial charge in [0.1, 0.15) is 12.8 Å². The summed E-state index contributed by atoms with van der Waals surface area (Å²) in [7, 11) is 0. The van der Waals surface area contributed by atoms with Gasteiger partial charge in [0.25, 0.3) is 0 Å². The summed E-state index contributed by atoms with van der Waals surface area (Å²) in [5, 5.41) is 9.24. The fourth-order valence-electron chi connectivity index (χ4n) is 1.52. The summed E-state index contributed by atoms with van der Waals surface area (Å²) in [6.07, 6.45) is 7.24. The number of aryl methyl sites for hydroxylation is 2. The third-order valence-electron chi connectivity index (χ3n) is 2.51. The Labute approximate surface area is 116 Å². The molecule has 0 aromatic carbocycles. The fourth-order valence-corrected chi connectivity index (χ4v) is 1.52. The number of carbonyl (C=O) groups excluding carboxylic acids is 1. The van der Waals surface area contributed by atoms with Crippen LogP contribution in [-0.2, 0) is 17.9 Å². The standard InChI is InChI=1S/C12H17N5O3/c1-3-15-9-11(7-13-15)19-17(5-6-18)20-12-8-14-16(4-2)10-12/h6-10H,3-5H2,1-2H3. The molecule has 0 aliphatic rings. The van der Waals surface area contributed by atoms with E-state index in [-0.39, 0.29) is 6.54 Å². The zero-order chi connectivity index (χ0) is 14.4. The Morgan fingerprint density at radius 1 is 1.10 bits per heavy atom. The predicted molar refractivity (Wildman–Crippen MR) is 69.8 cm³/mol. The van der Waals surface area contributed by atoms with Crippen molar-refractivity contribution < 1.29 is 14.5 Å². The second-order valence-electron chi connectivity index (χ2n) is 3.93. The number of hydrogen-bond acceptors (Lipinski definition) is 6. The lowest BCUT2D eigenvalue weighted by Crippen LogP contribution is -2.32. The lowest BCUT2D eigenvalue weighted by Gasteiger charge is -2.17. The quantitative estimate of drug-likeness (QED) is 0.528. The lowest BCUT2D eigenvalue weighted by atomic mass is 10.6. The van der Waals surface area contributed by atoms with Crippen molar-refractivity contribution in [1.82, 2.24) is 24.8 Å². The van der Waals surface area contributed by atoms with E-state index in [9.17, 15) is 4.79 Å². The monoisotopic (exact) mass is 279 g/mol. The fraction of sp³-hybridized carbons (Fsp3) is 0.417. The van der Waals surface area contributed by atoms with Gasteiger partial charge in [-0.2, -0.15) is 10.2 Å². The van der Waals surface area contributed by atoms with E-state index in [0.717, 1.165) is 18.3 Å². The molecule has 8 nitrogen and oxygen atoms in total. The molecule has 0 saturated heterocycles. The van der Waals surface area contributed by atoms with Crippen molar-refractivity contribution in [3.8, 4) is 11.5 Å². The van der Waals surface area contributed by atoms with Crippen LogP contribution in [0.5, 0.6) is 11.5 Å². The zero-order valence-corrected chi connectivity index (χ0v) is 11.5. The van der Waals surface area contributed by atoms with E-state index in [1.165, 1.54) is 0 Å². The molecular weight excluding hydrogens is 262 g/mol. The topological polar surface area (TPSA) is 74.4 Å². The Kier molecular flexibility index (Phi) is 4.72. The molecule has 2 rings (SSSR count). The first-order valence-corrected chi connectivity index (χ1v) is 6.37. The van der Waals surface area contributed by atoms with E-state index in [0.29, 0.717) is 17.8 Å². The maximum absolute atomic E-state index is 10.7. The van der Waals surface area contributed by atoms with Gasteiger partial charge >= 0.3 is 0 Å². The largest absolute Gasteiger partial charge is 0.367 e. The average Bonchev–Trinajstić information content (AvgIpc) is 3.08. The molecule has 0 unspecified atom stereocenters. The maximum atomic E-state index is 10.7. The highest BCUT2D eigenvalue weighted by Gasteiger charge is 2.12. The smallest absolute Gasteiger partial charge is 0.189 e. The van der Waals surface area contributed by atoms with Gasteiger partial charge in [0.05, 0.1) is 24.8 Å². The van der Waals surface area contributed by atoms with Gasteiger partial charge < -0.3 is 14.5 Å². The van der Waals surface area contributed by atoms with Crippen molar-refractivity contribution in [1.29, 1.82) is 0 Å². The van der Waals surface area contributed by atoms with E-state index >= 15 is 0 Å². The summed E-state index contributed by atoms with van der Waals surface area (Å²) >= 11 is 0. The van der Waals surface area contributed by atoms with Crippen molar-refractivity contribution in [3.63, 3.8) is 0 Å². The van der Waals surface area contributed by atoms with Crippen LogP contribution in [0.2, 0.25) is 0 Å². The number of carbonyl (C=O) groups is 1. The maximum Gasteiger partial charge on any atom is 0.189 e. The lowest BCUT2D eigenvalue weighted by molar-refractivity contribution is -0.250. The van der Waals surface area contributed by atoms with Gasteiger partial charge in [0.15, 0.2) is 11.5 Å². The molecule has 0 N–H and O–H groups in total. The van der Waals surface area contributed by atoms with Crippen LogP contribution in [-0.4, -0.2) is 37.6 Å². The van der Waals surface area contributed by atoms with Crippen molar-refractivity contribution >= 4 is 6.29 Å². The summed E-state index contributed by atoms with van der Waals surface area (Å²) in [5.41, 5.74) is 0. The van der Waals surface area contributed by atoms with Crippen molar-refractivity contribution in [2.45, 2.75) is 26.9 Å². The van der Waals surface area contributed by atoms with E-state index in [2.05, 4.69) is 10.2 Å².